The molecule has 0 radical (unpaired) electrons. The molecule has 3 aromatic carbocycles. The van der Waals surface area contributed by atoms with Gasteiger partial charge in [-0.25, -0.2) is 14.5 Å². The lowest BCUT2D eigenvalue weighted by atomic mass is 10.00. The predicted molar refractivity (Wildman–Crippen MR) is 169 cm³/mol. The maximum Gasteiger partial charge on any atom is 0.573 e. The number of halogens is 3. The zero-order valence-electron chi connectivity index (χ0n) is 25.2. The van der Waals surface area contributed by atoms with Gasteiger partial charge in [0, 0.05) is 23.5 Å². The summed E-state index contributed by atoms with van der Waals surface area (Å²) in [5.41, 5.74) is 3.71. The summed E-state index contributed by atoms with van der Waals surface area (Å²) in [7, 11) is 1.63. The van der Waals surface area contributed by atoms with Crippen molar-refractivity contribution in [3.05, 3.63) is 84.2 Å². The zero-order valence-corrected chi connectivity index (χ0v) is 26.0. The number of carbonyl (C=O) groups is 1. The molecule has 0 saturated carbocycles. The Balaban J connectivity index is 1.28. The minimum absolute atomic E-state index is 0.218. The lowest BCUT2D eigenvalue weighted by Crippen LogP contribution is -2.37. The summed E-state index contributed by atoms with van der Waals surface area (Å²) in [6, 6.07) is 18.4. The van der Waals surface area contributed by atoms with Gasteiger partial charge in [0.25, 0.3) is 0 Å². The van der Waals surface area contributed by atoms with Gasteiger partial charge in [0.15, 0.2) is 11.0 Å². The molecule has 2 heterocycles. The Morgan fingerprint density at radius 3 is 2.46 bits per heavy atom. The van der Waals surface area contributed by atoms with Gasteiger partial charge in [-0.2, -0.15) is 10.3 Å². The number of amidine groups is 1. The smallest absolute Gasteiger partial charge is 0.497 e. The molecule has 5 rings (SSSR count). The number of nitrogens with zero attached hydrogens (tertiary/aromatic N) is 6. The topological polar surface area (TPSA) is 118 Å². The standard InChI is InChI=1S/C32H30F3N7O3S/c1-20(2)26-17-25(44-3)13-14-28(26)41-15-4-16-46-31(41)39-30(43)38-27(18-36)21-5-7-22(8-6-21)29-37-19-42(40-29)23-9-11-24(12-10-23)45-32(33,34)35/h5-14,17,19-20,27H,4,15-16H2,1-3H3,(H,38,43)/b39-31-. The third kappa shape index (κ3) is 7.78. The van der Waals surface area contributed by atoms with Crippen LogP contribution in [0.5, 0.6) is 11.5 Å². The van der Waals surface area contributed by atoms with Crippen LogP contribution in [0, 0.1) is 11.3 Å². The number of anilines is 1. The highest BCUT2D eigenvalue weighted by atomic mass is 32.2. The fourth-order valence-corrected chi connectivity index (χ4v) is 5.77. The summed E-state index contributed by atoms with van der Waals surface area (Å²) in [4.78, 5) is 23.7. The van der Waals surface area contributed by atoms with Crippen LogP contribution in [0.1, 0.15) is 43.4 Å². The summed E-state index contributed by atoms with van der Waals surface area (Å²) in [5, 5.41) is 17.5. The zero-order chi connectivity index (χ0) is 32.8. The molecule has 0 aliphatic carbocycles. The van der Waals surface area contributed by atoms with Crippen LogP contribution in [0.25, 0.3) is 17.1 Å². The average Bonchev–Trinajstić information content (AvgIpc) is 3.54. The number of urea groups is 1. The Bertz CT molecular complexity index is 1750. The van der Waals surface area contributed by atoms with Crippen LogP contribution in [0.2, 0.25) is 0 Å². The monoisotopic (exact) mass is 649 g/mol. The third-order valence-corrected chi connectivity index (χ3v) is 8.12. The van der Waals surface area contributed by atoms with Gasteiger partial charge in [0.2, 0.25) is 0 Å². The molecule has 1 aliphatic rings. The second-order valence-corrected chi connectivity index (χ2v) is 11.6. The number of thioether (sulfide) groups is 1. The third-order valence-electron chi connectivity index (χ3n) is 7.06. The molecular weight excluding hydrogens is 619 g/mol. The van der Waals surface area contributed by atoms with E-state index in [9.17, 15) is 23.2 Å². The van der Waals surface area contributed by atoms with Gasteiger partial charge in [-0.15, -0.1) is 18.3 Å². The first kappa shape index (κ1) is 32.4. The van der Waals surface area contributed by atoms with Crippen LogP contribution >= 0.6 is 11.8 Å². The van der Waals surface area contributed by atoms with Crippen LogP contribution in [0.3, 0.4) is 0 Å². The summed E-state index contributed by atoms with van der Waals surface area (Å²) in [5.74, 6) is 1.81. The normalized spacial score (nSPS) is 15.0. The van der Waals surface area contributed by atoms with Crippen molar-refractivity contribution in [1.82, 2.24) is 20.1 Å². The number of hydrogen-bond acceptors (Lipinski definition) is 7. The lowest BCUT2D eigenvalue weighted by Gasteiger charge is -2.32. The van der Waals surface area contributed by atoms with E-state index in [1.807, 2.05) is 23.1 Å². The molecule has 1 fully saturated rings. The van der Waals surface area contributed by atoms with Gasteiger partial charge >= 0.3 is 12.4 Å². The van der Waals surface area contributed by atoms with Gasteiger partial charge in [0.05, 0.1) is 18.9 Å². The molecule has 0 bridgehead atoms. The number of ether oxygens (including phenoxy) is 2. The molecular formula is C32H30F3N7O3S. The van der Waals surface area contributed by atoms with Crippen molar-refractivity contribution in [3.8, 4) is 34.6 Å². The van der Waals surface area contributed by atoms with E-state index in [2.05, 4.69) is 45.0 Å². The Morgan fingerprint density at radius 2 is 1.80 bits per heavy atom. The highest BCUT2D eigenvalue weighted by Gasteiger charge is 2.31. The van der Waals surface area contributed by atoms with Crippen molar-refractivity contribution in [3.63, 3.8) is 0 Å². The van der Waals surface area contributed by atoms with Crippen molar-refractivity contribution in [1.29, 1.82) is 5.26 Å². The van der Waals surface area contributed by atoms with Crippen LogP contribution in [-0.4, -0.2) is 51.7 Å². The number of benzene rings is 3. The number of nitriles is 1. The number of alkyl halides is 3. The molecule has 1 N–H and O–H groups in total. The quantitative estimate of drug-likeness (QED) is 0.212. The van der Waals surface area contributed by atoms with E-state index in [4.69, 9.17) is 4.74 Å². The molecule has 238 valence electrons. The summed E-state index contributed by atoms with van der Waals surface area (Å²) in [6.07, 6.45) is -2.41. The van der Waals surface area contributed by atoms with E-state index >= 15 is 0 Å². The molecule has 1 aliphatic heterocycles. The molecule has 4 aromatic rings. The Morgan fingerprint density at radius 1 is 1.09 bits per heavy atom. The lowest BCUT2D eigenvalue weighted by molar-refractivity contribution is -0.274. The number of methoxy groups -OCH3 is 1. The molecule has 2 amide bonds. The minimum atomic E-state index is -4.78. The first-order valence-corrected chi connectivity index (χ1v) is 15.3. The van der Waals surface area contributed by atoms with Crippen molar-refractivity contribution in [2.45, 2.75) is 38.6 Å². The number of rotatable bonds is 8. The van der Waals surface area contributed by atoms with Gasteiger partial charge in [-0.05, 0) is 65.9 Å². The molecule has 10 nitrogen and oxygen atoms in total. The number of carbonyl (C=O) groups excluding carboxylic acids is 1. The second kappa shape index (κ2) is 13.9. The summed E-state index contributed by atoms with van der Waals surface area (Å²) < 4.78 is 48.1. The Hall–Kier alpha value is -5.03. The molecule has 46 heavy (non-hydrogen) atoms. The van der Waals surface area contributed by atoms with Gasteiger partial charge in [-0.3, -0.25) is 0 Å². The highest BCUT2D eigenvalue weighted by Crippen LogP contribution is 2.35. The second-order valence-electron chi connectivity index (χ2n) is 10.5. The van der Waals surface area contributed by atoms with Crippen molar-refractivity contribution < 1.29 is 27.4 Å². The van der Waals surface area contributed by atoms with Crippen molar-refractivity contribution >= 4 is 28.6 Å². The largest absolute Gasteiger partial charge is 0.573 e. The molecule has 1 unspecified atom stereocenters. The van der Waals surface area contributed by atoms with Crippen LogP contribution < -0.4 is 19.7 Å². The van der Waals surface area contributed by atoms with Crippen molar-refractivity contribution in [2.24, 2.45) is 4.99 Å². The van der Waals surface area contributed by atoms with E-state index in [0.717, 1.165) is 29.2 Å². The average molecular weight is 650 g/mol. The fourth-order valence-electron chi connectivity index (χ4n) is 4.82. The van der Waals surface area contributed by atoms with Gasteiger partial charge in [0.1, 0.15) is 23.9 Å². The highest BCUT2D eigenvalue weighted by molar-refractivity contribution is 8.14. The Labute approximate surface area is 267 Å². The Kier molecular flexibility index (Phi) is 9.81. The molecule has 14 heteroatoms. The minimum Gasteiger partial charge on any atom is -0.497 e. The molecule has 1 saturated heterocycles. The fraction of sp³-hybridized carbons (Fsp3) is 0.281. The van der Waals surface area contributed by atoms with Gasteiger partial charge in [-0.1, -0.05) is 49.9 Å². The number of amides is 2. The maximum atomic E-state index is 13.1. The number of hydrogen-bond donors (Lipinski definition) is 1. The first-order chi connectivity index (χ1) is 22.0. The molecule has 0 spiro atoms. The first-order valence-electron chi connectivity index (χ1n) is 14.3. The van der Waals surface area contributed by atoms with Crippen LogP contribution in [0.4, 0.5) is 23.7 Å². The van der Waals surface area contributed by atoms with Crippen molar-refractivity contribution in [2.75, 3.05) is 24.3 Å². The molecule has 1 atom stereocenters. The predicted octanol–water partition coefficient (Wildman–Crippen LogP) is 7.24. The van der Waals surface area contributed by atoms with E-state index in [-0.39, 0.29) is 11.7 Å². The maximum absolute atomic E-state index is 13.1. The number of nitrogens with one attached hydrogen (secondary N) is 1. The summed E-state index contributed by atoms with van der Waals surface area (Å²) in [6.45, 7) is 4.90. The van der Waals surface area contributed by atoms with E-state index in [1.54, 1.807) is 31.4 Å². The summed E-state index contributed by atoms with van der Waals surface area (Å²) >= 11 is 1.49. The van der Waals surface area contributed by atoms with Gasteiger partial charge < -0.3 is 19.7 Å². The SMILES string of the molecule is COc1ccc(N2CCCS/C2=N\C(=O)NC(C#N)c2ccc(-c3ncn(-c4ccc(OC(F)(F)F)cc4)n3)cc2)c(C(C)C)c1. The van der Waals surface area contributed by atoms with Crippen LogP contribution in [-0.2, 0) is 0 Å². The number of aliphatic imine (C=N–C) groups is 1. The number of aromatic nitrogens is 3. The van der Waals surface area contributed by atoms with E-state index in [1.165, 1.54) is 47.0 Å². The van der Waals surface area contributed by atoms with Crippen LogP contribution in [0.15, 0.2) is 78.0 Å². The van der Waals surface area contributed by atoms with E-state index < -0.39 is 18.4 Å². The van der Waals surface area contributed by atoms with E-state index in [0.29, 0.717) is 34.4 Å². The molecule has 1 aromatic heterocycles.